The lowest BCUT2D eigenvalue weighted by molar-refractivity contribution is 0.0743. The number of piperazine rings is 1. The summed E-state index contributed by atoms with van der Waals surface area (Å²) >= 11 is 0. The number of nitrogens with zero attached hydrogens (tertiary/aromatic N) is 2. The summed E-state index contributed by atoms with van der Waals surface area (Å²) in [4.78, 5) is 4.85. The topological polar surface area (TPSA) is 26.7 Å². The fourth-order valence-corrected chi connectivity index (χ4v) is 2.57. The predicted molar refractivity (Wildman–Crippen MR) is 74.6 cm³/mol. The van der Waals surface area contributed by atoms with Gasteiger partial charge in [0.15, 0.2) is 0 Å². The predicted octanol–water partition coefficient (Wildman–Crippen LogP) is 1.49. The van der Waals surface area contributed by atoms with Gasteiger partial charge in [0, 0.05) is 38.8 Å². The second-order valence-corrected chi connectivity index (χ2v) is 5.37. The van der Waals surface area contributed by atoms with Crippen molar-refractivity contribution in [2.75, 3.05) is 33.3 Å². The number of hydrogen-bond acceptors (Lipinski definition) is 3. The van der Waals surface area contributed by atoms with E-state index in [4.69, 9.17) is 5.11 Å². The Morgan fingerprint density at radius 1 is 1.22 bits per heavy atom. The highest BCUT2D eigenvalue weighted by Gasteiger charge is 2.23. The summed E-state index contributed by atoms with van der Waals surface area (Å²) in [7, 11) is 2.16. The van der Waals surface area contributed by atoms with Crippen LogP contribution in [0, 0.1) is 6.92 Å². The molecule has 3 heteroatoms. The number of benzene rings is 1. The molecule has 0 aromatic heterocycles. The van der Waals surface area contributed by atoms with Crippen LogP contribution in [0.4, 0.5) is 0 Å². The molecule has 1 aromatic carbocycles. The first-order valence-corrected chi connectivity index (χ1v) is 6.78. The Kier molecular flexibility index (Phi) is 4.75. The van der Waals surface area contributed by atoms with Crippen molar-refractivity contribution in [2.45, 2.75) is 25.9 Å². The van der Waals surface area contributed by atoms with Gasteiger partial charge in [0.2, 0.25) is 0 Å². The molecule has 0 amide bonds. The summed E-state index contributed by atoms with van der Waals surface area (Å²) in [5.41, 5.74) is 2.70. The molecule has 2 rings (SSSR count). The van der Waals surface area contributed by atoms with Gasteiger partial charge in [-0.25, -0.2) is 0 Å². The molecule has 0 aliphatic carbocycles. The van der Waals surface area contributed by atoms with Gasteiger partial charge in [-0.1, -0.05) is 29.8 Å². The third kappa shape index (κ3) is 3.55. The third-order valence-electron chi connectivity index (χ3n) is 3.85. The zero-order valence-electron chi connectivity index (χ0n) is 11.5. The summed E-state index contributed by atoms with van der Waals surface area (Å²) in [5, 5.41) is 9.10. The van der Waals surface area contributed by atoms with Gasteiger partial charge in [-0.15, -0.1) is 0 Å². The van der Waals surface area contributed by atoms with E-state index in [-0.39, 0.29) is 6.61 Å². The van der Waals surface area contributed by atoms with Crippen LogP contribution in [0.5, 0.6) is 0 Å². The number of likely N-dealkylation sites (N-methyl/N-ethyl adjacent to an activating group) is 1. The molecule has 0 spiro atoms. The van der Waals surface area contributed by atoms with Crippen molar-refractivity contribution in [1.29, 1.82) is 0 Å². The fraction of sp³-hybridized carbons (Fsp3) is 0.600. The highest BCUT2D eigenvalue weighted by molar-refractivity contribution is 5.21. The molecule has 100 valence electrons. The highest BCUT2D eigenvalue weighted by Crippen LogP contribution is 2.14. The molecule has 3 nitrogen and oxygen atoms in total. The second kappa shape index (κ2) is 6.32. The van der Waals surface area contributed by atoms with E-state index >= 15 is 0 Å². The lowest BCUT2D eigenvalue weighted by Gasteiger charge is -2.39. The van der Waals surface area contributed by atoms with Crippen molar-refractivity contribution < 1.29 is 5.11 Å². The van der Waals surface area contributed by atoms with Gasteiger partial charge in [-0.3, -0.25) is 4.90 Å². The molecule has 1 N–H and O–H groups in total. The summed E-state index contributed by atoms with van der Waals surface area (Å²) in [5.74, 6) is 0. The summed E-state index contributed by atoms with van der Waals surface area (Å²) in [6.45, 7) is 6.70. The third-order valence-corrected chi connectivity index (χ3v) is 3.85. The van der Waals surface area contributed by atoms with Gasteiger partial charge in [0.1, 0.15) is 0 Å². The van der Waals surface area contributed by atoms with Crippen LogP contribution in [-0.2, 0) is 6.54 Å². The minimum atomic E-state index is 0.285. The first kappa shape index (κ1) is 13.5. The van der Waals surface area contributed by atoms with Crippen molar-refractivity contribution in [3.63, 3.8) is 0 Å². The molecule has 1 unspecified atom stereocenters. The maximum absolute atomic E-state index is 9.10. The van der Waals surface area contributed by atoms with E-state index in [1.54, 1.807) is 0 Å². The maximum atomic E-state index is 9.10. The number of hydrogen-bond donors (Lipinski definition) is 1. The molecule has 18 heavy (non-hydrogen) atoms. The van der Waals surface area contributed by atoms with Crippen molar-refractivity contribution in [3.05, 3.63) is 35.4 Å². The maximum Gasteiger partial charge on any atom is 0.0446 e. The molecular weight excluding hydrogens is 224 g/mol. The van der Waals surface area contributed by atoms with Gasteiger partial charge >= 0.3 is 0 Å². The fourth-order valence-electron chi connectivity index (χ4n) is 2.57. The molecule has 0 bridgehead atoms. The molecule has 0 saturated carbocycles. The second-order valence-electron chi connectivity index (χ2n) is 5.37. The van der Waals surface area contributed by atoms with Crippen molar-refractivity contribution in [1.82, 2.24) is 9.80 Å². The Bertz CT molecular complexity index is 363. The Morgan fingerprint density at radius 3 is 2.61 bits per heavy atom. The molecule has 1 aliphatic rings. The molecule has 1 aliphatic heterocycles. The zero-order valence-corrected chi connectivity index (χ0v) is 11.5. The summed E-state index contributed by atoms with van der Waals surface area (Å²) in [6.07, 6.45) is 0.876. The Balaban J connectivity index is 1.91. The van der Waals surface area contributed by atoms with E-state index in [9.17, 15) is 0 Å². The minimum Gasteiger partial charge on any atom is -0.396 e. The minimum absolute atomic E-state index is 0.285. The largest absolute Gasteiger partial charge is 0.396 e. The summed E-state index contributed by atoms with van der Waals surface area (Å²) in [6, 6.07) is 9.28. The number of aryl methyl sites for hydroxylation is 1. The van der Waals surface area contributed by atoms with Crippen molar-refractivity contribution >= 4 is 0 Å². The van der Waals surface area contributed by atoms with Gasteiger partial charge in [-0.05, 0) is 26.0 Å². The summed E-state index contributed by atoms with van der Waals surface area (Å²) < 4.78 is 0. The van der Waals surface area contributed by atoms with Crippen LogP contribution in [0.3, 0.4) is 0 Å². The van der Waals surface area contributed by atoms with E-state index in [0.717, 1.165) is 32.6 Å². The van der Waals surface area contributed by atoms with E-state index in [2.05, 4.69) is 48.0 Å². The first-order valence-electron chi connectivity index (χ1n) is 6.78. The number of aliphatic hydroxyl groups is 1. The normalized spacial score (nSPS) is 22.3. The van der Waals surface area contributed by atoms with E-state index in [1.165, 1.54) is 11.1 Å². The smallest absolute Gasteiger partial charge is 0.0446 e. The number of rotatable bonds is 4. The lowest BCUT2D eigenvalue weighted by Crippen LogP contribution is -2.51. The highest BCUT2D eigenvalue weighted by atomic mass is 16.3. The zero-order chi connectivity index (χ0) is 13.0. The average molecular weight is 248 g/mol. The standard InChI is InChI=1S/C15H24N2O/c1-13-3-5-14(6-4-13)11-17-9-8-16(2)15(12-17)7-10-18/h3-6,15,18H,7-12H2,1-2H3. The van der Waals surface area contributed by atoms with Crippen LogP contribution in [0.15, 0.2) is 24.3 Å². The molecule has 0 radical (unpaired) electrons. The average Bonchev–Trinajstić information content (AvgIpc) is 2.37. The molecule has 1 saturated heterocycles. The first-order chi connectivity index (χ1) is 8.69. The van der Waals surface area contributed by atoms with E-state index < -0.39 is 0 Å². The van der Waals surface area contributed by atoms with E-state index in [1.807, 2.05) is 0 Å². The molecular formula is C15H24N2O. The van der Waals surface area contributed by atoms with Crippen molar-refractivity contribution in [3.8, 4) is 0 Å². The van der Waals surface area contributed by atoms with Crippen LogP contribution in [0.25, 0.3) is 0 Å². The molecule has 1 aromatic rings. The molecule has 1 heterocycles. The monoisotopic (exact) mass is 248 g/mol. The Labute approximate surface area is 110 Å². The SMILES string of the molecule is Cc1ccc(CN2CCN(C)C(CCO)C2)cc1. The van der Waals surface area contributed by atoms with Crippen LogP contribution in [0.2, 0.25) is 0 Å². The van der Waals surface area contributed by atoms with Crippen LogP contribution in [-0.4, -0.2) is 54.2 Å². The quantitative estimate of drug-likeness (QED) is 0.874. The van der Waals surface area contributed by atoms with Crippen LogP contribution >= 0.6 is 0 Å². The molecule has 1 fully saturated rings. The number of aliphatic hydroxyl groups excluding tert-OH is 1. The van der Waals surface area contributed by atoms with Crippen molar-refractivity contribution in [2.24, 2.45) is 0 Å². The Morgan fingerprint density at radius 2 is 1.94 bits per heavy atom. The van der Waals surface area contributed by atoms with Crippen LogP contribution < -0.4 is 0 Å². The molecule has 1 atom stereocenters. The van der Waals surface area contributed by atoms with Gasteiger partial charge < -0.3 is 10.0 Å². The van der Waals surface area contributed by atoms with Crippen LogP contribution in [0.1, 0.15) is 17.5 Å². The van der Waals surface area contributed by atoms with Gasteiger partial charge in [-0.2, -0.15) is 0 Å². The van der Waals surface area contributed by atoms with Gasteiger partial charge in [0.25, 0.3) is 0 Å². The van der Waals surface area contributed by atoms with E-state index in [0.29, 0.717) is 6.04 Å². The lowest BCUT2D eigenvalue weighted by atomic mass is 10.1. The Hall–Kier alpha value is -0.900. The van der Waals surface area contributed by atoms with Gasteiger partial charge in [0.05, 0.1) is 0 Å².